The van der Waals surface area contributed by atoms with Gasteiger partial charge in [-0.15, -0.1) is 11.8 Å². The molecule has 1 aromatic heterocycles. The number of ether oxygens (including phenoxy) is 1. The Kier molecular flexibility index (Phi) is 4.45. The maximum Gasteiger partial charge on any atom is 0.135 e. The van der Waals surface area contributed by atoms with Gasteiger partial charge in [-0.2, -0.15) is 0 Å². The number of fused-ring (bicyclic) bond motifs is 1. The normalized spacial score (nSPS) is 18.1. The van der Waals surface area contributed by atoms with Crippen molar-refractivity contribution in [3.8, 4) is 0 Å². The van der Waals surface area contributed by atoms with Crippen LogP contribution in [0.1, 0.15) is 31.1 Å². The standard InChI is InChI=1S/C19H21N3OS/c20-15-10-16-19(21-13-22(16)18-8-4-5-9-23-18)17(11-15)24-12-14-6-2-1-3-7-14/h1-3,6-7,10-11,13,18H,4-5,8-9,12,20H2. The molecule has 0 saturated carbocycles. The van der Waals surface area contributed by atoms with E-state index in [-0.39, 0.29) is 6.23 Å². The quantitative estimate of drug-likeness (QED) is 0.557. The van der Waals surface area contributed by atoms with Gasteiger partial charge in [0.15, 0.2) is 0 Å². The average molecular weight is 339 g/mol. The molecule has 1 saturated heterocycles. The molecule has 2 heterocycles. The number of benzene rings is 2. The van der Waals surface area contributed by atoms with Gasteiger partial charge in [0, 0.05) is 22.9 Å². The topological polar surface area (TPSA) is 53.1 Å². The Morgan fingerprint density at radius 3 is 2.88 bits per heavy atom. The Morgan fingerprint density at radius 2 is 2.08 bits per heavy atom. The fourth-order valence-electron chi connectivity index (χ4n) is 3.14. The number of nitrogen functional groups attached to an aromatic ring is 1. The lowest BCUT2D eigenvalue weighted by molar-refractivity contribution is -0.0295. The van der Waals surface area contributed by atoms with Crippen LogP contribution in [-0.2, 0) is 10.5 Å². The summed E-state index contributed by atoms with van der Waals surface area (Å²) in [4.78, 5) is 5.78. The van der Waals surface area contributed by atoms with E-state index in [4.69, 9.17) is 10.5 Å². The molecule has 124 valence electrons. The van der Waals surface area contributed by atoms with E-state index in [2.05, 4.69) is 33.8 Å². The van der Waals surface area contributed by atoms with Crippen molar-refractivity contribution in [1.82, 2.24) is 9.55 Å². The molecule has 1 aliphatic rings. The number of hydrogen-bond donors (Lipinski definition) is 1. The summed E-state index contributed by atoms with van der Waals surface area (Å²) in [6, 6.07) is 14.5. The van der Waals surface area contributed by atoms with Gasteiger partial charge in [-0.25, -0.2) is 4.98 Å². The number of anilines is 1. The molecule has 0 bridgehead atoms. The Bertz CT molecular complexity index is 825. The second-order valence-electron chi connectivity index (χ2n) is 6.13. The van der Waals surface area contributed by atoms with E-state index in [1.807, 2.05) is 24.5 Å². The molecule has 4 nitrogen and oxygen atoms in total. The van der Waals surface area contributed by atoms with Gasteiger partial charge in [-0.1, -0.05) is 30.3 Å². The van der Waals surface area contributed by atoms with Gasteiger partial charge in [0.25, 0.3) is 0 Å². The van der Waals surface area contributed by atoms with E-state index < -0.39 is 0 Å². The van der Waals surface area contributed by atoms with E-state index in [1.54, 1.807) is 11.8 Å². The van der Waals surface area contributed by atoms with Crippen LogP contribution < -0.4 is 5.73 Å². The second kappa shape index (κ2) is 6.87. The summed E-state index contributed by atoms with van der Waals surface area (Å²) in [5, 5.41) is 0. The van der Waals surface area contributed by atoms with Crippen LogP contribution in [0.2, 0.25) is 0 Å². The molecular formula is C19H21N3OS. The lowest BCUT2D eigenvalue weighted by Gasteiger charge is -2.24. The third-order valence-electron chi connectivity index (χ3n) is 4.37. The summed E-state index contributed by atoms with van der Waals surface area (Å²) >= 11 is 1.78. The van der Waals surface area contributed by atoms with Crippen LogP contribution in [0.3, 0.4) is 0 Å². The molecule has 4 rings (SSSR count). The predicted molar refractivity (Wildman–Crippen MR) is 99.0 cm³/mol. The van der Waals surface area contributed by atoms with Crippen LogP contribution >= 0.6 is 11.8 Å². The van der Waals surface area contributed by atoms with E-state index >= 15 is 0 Å². The first kappa shape index (κ1) is 15.5. The molecule has 3 aromatic rings. The number of rotatable bonds is 4. The Morgan fingerprint density at radius 1 is 1.21 bits per heavy atom. The van der Waals surface area contributed by atoms with Crippen molar-refractivity contribution in [2.24, 2.45) is 0 Å². The van der Waals surface area contributed by atoms with Crippen molar-refractivity contribution < 1.29 is 4.74 Å². The molecule has 0 amide bonds. The summed E-state index contributed by atoms with van der Waals surface area (Å²) in [6.07, 6.45) is 5.35. The number of hydrogen-bond acceptors (Lipinski definition) is 4. The zero-order chi connectivity index (χ0) is 16.4. The smallest absolute Gasteiger partial charge is 0.135 e. The summed E-state index contributed by atoms with van der Waals surface area (Å²) in [5.41, 5.74) is 10.3. The maximum atomic E-state index is 6.16. The Balaban J connectivity index is 1.64. The van der Waals surface area contributed by atoms with E-state index in [1.165, 1.54) is 12.0 Å². The zero-order valence-electron chi connectivity index (χ0n) is 13.5. The highest BCUT2D eigenvalue weighted by atomic mass is 32.2. The molecule has 1 aliphatic heterocycles. The van der Waals surface area contributed by atoms with Crippen molar-refractivity contribution in [3.05, 3.63) is 54.4 Å². The van der Waals surface area contributed by atoms with Gasteiger partial charge in [-0.3, -0.25) is 0 Å². The summed E-state index contributed by atoms with van der Waals surface area (Å²) in [5.74, 6) is 0.909. The second-order valence-corrected chi connectivity index (χ2v) is 7.15. The lowest BCUT2D eigenvalue weighted by Crippen LogP contribution is -2.17. The first-order chi connectivity index (χ1) is 11.8. The lowest BCUT2D eigenvalue weighted by atomic mass is 10.2. The van der Waals surface area contributed by atoms with Gasteiger partial charge in [0.05, 0.1) is 11.8 Å². The maximum absolute atomic E-state index is 6.16. The van der Waals surface area contributed by atoms with Gasteiger partial charge in [0.2, 0.25) is 0 Å². The monoisotopic (exact) mass is 339 g/mol. The minimum atomic E-state index is 0.0810. The van der Waals surface area contributed by atoms with E-state index in [0.29, 0.717) is 0 Å². The highest BCUT2D eigenvalue weighted by Crippen LogP contribution is 2.34. The molecule has 0 radical (unpaired) electrons. The van der Waals surface area contributed by atoms with E-state index in [9.17, 15) is 0 Å². The summed E-state index contributed by atoms with van der Waals surface area (Å²) < 4.78 is 8.05. The van der Waals surface area contributed by atoms with Crippen molar-refractivity contribution in [1.29, 1.82) is 0 Å². The molecule has 0 aliphatic carbocycles. The van der Waals surface area contributed by atoms with Gasteiger partial charge >= 0.3 is 0 Å². The van der Waals surface area contributed by atoms with Crippen molar-refractivity contribution in [2.45, 2.75) is 36.1 Å². The average Bonchev–Trinajstić information content (AvgIpc) is 3.05. The summed E-state index contributed by atoms with van der Waals surface area (Å²) in [7, 11) is 0. The van der Waals surface area contributed by atoms with Crippen molar-refractivity contribution >= 4 is 28.5 Å². The number of imidazole rings is 1. The van der Waals surface area contributed by atoms with Gasteiger partial charge in [0.1, 0.15) is 11.7 Å². The molecule has 0 spiro atoms. The first-order valence-electron chi connectivity index (χ1n) is 8.35. The first-order valence-corrected chi connectivity index (χ1v) is 9.34. The third-order valence-corrected chi connectivity index (χ3v) is 5.47. The Hall–Kier alpha value is -1.98. The molecule has 2 aromatic carbocycles. The van der Waals surface area contributed by atoms with Crippen molar-refractivity contribution in [3.63, 3.8) is 0 Å². The minimum Gasteiger partial charge on any atom is -0.399 e. The highest BCUT2D eigenvalue weighted by molar-refractivity contribution is 7.98. The molecule has 5 heteroatoms. The number of nitrogens with zero attached hydrogens (tertiary/aromatic N) is 2. The van der Waals surface area contributed by atoms with Crippen LogP contribution in [0.4, 0.5) is 5.69 Å². The number of thioether (sulfide) groups is 1. The Labute approximate surface area is 146 Å². The fourth-order valence-corrected chi connectivity index (χ4v) is 4.17. The molecule has 1 unspecified atom stereocenters. The predicted octanol–water partition coefficient (Wildman–Crippen LogP) is 4.61. The van der Waals surface area contributed by atoms with Crippen LogP contribution in [0, 0.1) is 0 Å². The zero-order valence-corrected chi connectivity index (χ0v) is 14.3. The fraction of sp³-hybridized carbons (Fsp3) is 0.316. The van der Waals surface area contributed by atoms with Gasteiger partial charge in [-0.05, 0) is 37.0 Å². The number of aromatic nitrogens is 2. The van der Waals surface area contributed by atoms with E-state index in [0.717, 1.165) is 46.8 Å². The SMILES string of the molecule is Nc1cc(SCc2ccccc2)c2ncn(C3CCCCO3)c2c1. The van der Waals surface area contributed by atoms with Gasteiger partial charge < -0.3 is 15.0 Å². The molecular weight excluding hydrogens is 318 g/mol. The molecule has 1 fully saturated rings. The minimum absolute atomic E-state index is 0.0810. The molecule has 1 atom stereocenters. The van der Waals surface area contributed by atoms with Crippen LogP contribution in [0.5, 0.6) is 0 Å². The highest BCUT2D eigenvalue weighted by Gasteiger charge is 2.19. The van der Waals surface area contributed by atoms with Crippen LogP contribution in [0.15, 0.2) is 53.7 Å². The third kappa shape index (κ3) is 3.14. The van der Waals surface area contributed by atoms with Crippen molar-refractivity contribution in [2.75, 3.05) is 12.3 Å². The number of nitrogens with two attached hydrogens (primary N) is 1. The summed E-state index contributed by atoms with van der Waals surface area (Å²) in [6.45, 7) is 0.822. The van der Waals surface area contributed by atoms with Crippen LogP contribution in [0.25, 0.3) is 11.0 Å². The largest absolute Gasteiger partial charge is 0.399 e. The van der Waals surface area contributed by atoms with Crippen LogP contribution in [-0.4, -0.2) is 16.2 Å². The molecule has 2 N–H and O–H groups in total. The molecule has 24 heavy (non-hydrogen) atoms.